The average Bonchev–Trinajstić information content (AvgIpc) is 3.35. The molecular weight excluding hydrogens is 582 g/mol. The maximum atomic E-state index is 13.4. The van der Waals surface area contributed by atoms with Crippen LogP contribution in [0.5, 0.6) is 0 Å². The Bertz CT molecular complexity index is 1600. The fraction of sp³-hybridized carbons (Fsp3) is 0.371. The van der Waals surface area contributed by atoms with Gasteiger partial charge in [0.1, 0.15) is 17.4 Å². The highest BCUT2D eigenvalue weighted by Gasteiger charge is 2.20. The first-order valence-electron chi connectivity index (χ1n) is 15.6. The molecule has 0 fully saturated rings. The summed E-state index contributed by atoms with van der Waals surface area (Å²) in [6.07, 6.45) is 5.72. The van der Waals surface area contributed by atoms with Crippen LogP contribution in [0.15, 0.2) is 66.9 Å². The number of unbranched alkanes of at least 4 members (excludes halogenated alkanes) is 3. The molecule has 0 aliphatic heterocycles. The molecule has 0 spiro atoms. The van der Waals surface area contributed by atoms with Gasteiger partial charge in [0.2, 0.25) is 0 Å². The van der Waals surface area contributed by atoms with Gasteiger partial charge in [-0.1, -0.05) is 49.9 Å². The predicted octanol–water partition coefficient (Wildman–Crippen LogP) is 6.80. The summed E-state index contributed by atoms with van der Waals surface area (Å²) in [4.78, 5) is 46.3. The van der Waals surface area contributed by atoms with Crippen molar-refractivity contribution in [3.05, 3.63) is 83.8 Å². The fourth-order valence-corrected chi connectivity index (χ4v) is 4.53. The van der Waals surface area contributed by atoms with Gasteiger partial charge in [0.15, 0.2) is 0 Å². The van der Waals surface area contributed by atoms with Gasteiger partial charge < -0.3 is 14.6 Å². The Morgan fingerprint density at radius 1 is 1.00 bits per heavy atom. The number of hydrogen-bond acceptors (Lipinski definition) is 8. The number of nitrogens with one attached hydrogen (secondary N) is 3. The van der Waals surface area contributed by atoms with E-state index >= 15 is 0 Å². The molecule has 0 unspecified atom stereocenters. The van der Waals surface area contributed by atoms with Gasteiger partial charge >= 0.3 is 6.09 Å². The van der Waals surface area contributed by atoms with Crippen molar-refractivity contribution in [2.45, 2.75) is 66.3 Å². The van der Waals surface area contributed by atoms with Gasteiger partial charge in [-0.3, -0.25) is 25.2 Å². The van der Waals surface area contributed by atoms with Crippen LogP contribution in [-0.2, 0) is 23.1 Å². The van der Waals surface area contributed by atoms with E-state index < -0.39 is 6.09 Å². The second-order valence-electron chi connectivity index (χ2n) is 11.1. The number of amides is 2. The van der Waals surface area contributed by atoms with Gasteiger partial charge in [-0.15, -0.1) is 0 Å². The maximum absolute atomic E-state index is 13.4. The topological polar surface area (TPSA) is 142 Å². The minimum atomic E-state index is -0.524. The van der Waals surface area contributed by atoms with Crippen LogP contribution in [0.2, 0.25) is 0 Å². The number of aromatic nitrogens is 3. The van der Waals surface area contributed by atoms with Crippen LogP contribution in [0.1, 0.15) is 74.6 Å². The molecule has 2 aromatic heterocycles. The minimum Gasteiger partial charge on any atom is -0.449 e. The zero-order valence-corrected chi connectivity index (χ0v) is 27.4. The molecule has 11 nitrogen and oxygen atoms in total. The number of amidine groups is 1. The number of aryl methyl sites for hydroxylation is 2. The van der Waals surface area contributed by atoms with Gasteiger partial charge in [-0.05, 0) is 69.7 Å². The Hall–Kier alpha value is -5.06. The number of hydrogen-bond donors (Lipinski definition) is 3. The van der Waals surface area contributed by atoms with E-state index in [9.17, 15) is 14.4 Å². The largest absolute Gasteiger partial charge is 0.449 e. The van der Waals surface area contributed by atoms with Crippen molar-refractivity contribution >= 4 is 46.2 Å². The van der Waals surface area contributed by atoms with Crippen molar-refractivity contribution in [2.75, 3.05) is 23.4 Å². The Kier molecular flexibility index (Phi) is 13.9. The number of carbonyl (C=O) groups excluding carboxylic acids is 3. The number of Topliss-reactive ketones (excluding diaryl/α,β-unsaturated/α-hetero) is 1. The van der Waals surface area contributed by atoms with E-state index in [4.69, 9.17) is 15.1 Å². The van der Waals surface area contributed by atoms with Gasteiger partial charge in [0.05, 0.1) is 30.0 Å². The van der Waals surface area contributed by atoms with Crippen LogP contribution in [-0.4, -0.2) is 51.3 Å². The molecule has 0 radical (unpaired) electrons. The second-order valence-corrected chi connectivity index (χ2v) is 11.1. The van der Waals surface area contributed by atoms with Crippen molar-refractivity contribution in [2.24, 2.45) is 7.05 Å². The Balaban J connectivity index is 0.000000376. The lowest BCUT2D eigenvalue weighted by atomic mass is 10.1. The van der Waals surface area contributed by atoms with E-state index in [0.717, 1.165) is 35.4 Å². The highest BCUT2D eigenvalue weighted by atomic mass is 16.5. The van der Waals surface area contributed by atoms with Gasteiger partial charge in [0.25, 0.3) is 5.91 Å². The van der Waals surface area contributed by atoms with Crippen LogP contribution in [0.4, 0.5) is 16.3 Å². The molecule has 46 heavy (non-hydrogen) atoms. The monoisotopic (exact) mass is 627 g/mol. The molecule has 4 rings (SSSR count). The first-order chi connectivity index (χ1) is 22.1. The maximum Gasteiger partial charge on any atom is 0.412 e. The Morgan fingerprint density at radius 3 is 2.41 bits per heavy atom. The molecule has 2 heterocycles. The van der Waals surface area contributed by atoms with E-state index in [0.29, 0.717) is 24.5 Å². The number of ketones is 1. The third-order valence-corrected chi connectivity index (χ3v) is 7.10. The molecule has 0 atom stereocenters. The normalized spacial score (nSPS) is 10.5. The van der Waals surface area contributed by atoms with E-state index in [1.54, 1.807) is 35.4 Å². The number of imidazole rings is 1. The van der Waals surface area contributed by atoms with E-state index in [1.807, 2.05) is 35.9 Å². The molecule has 0 saturated heterocycles. The Morgan fingerprint density at radius 2 is 1.76 bits per heavy atom. The molecule has 11 heteroatoms. The van der Waals surface area contributed by atoms with Crippen LogP contribution in [0, 0.1) is 12.3 Å². The van der Waals surface area contributed by atoms with Crippen LogP contribution >= 0.6 is 0 Å². The predicted molar refractivity (Wildman–Crippen MR) is 182 cm³/mol. The Labute approximate surface area is 270 Å². The number of alkyl carbamates (subject to hydrolysis) is 1. The minimum absolute atomic E-state index is 0.0228. The van der Waals surface area contributed by atoms with Gasteiger partial charge in [0, 0.05) is 37.5 Å². The third-order valence-electron chi connectivity index (χ3n) is 7.10. The van der Waals surface area contributed by atoms with Gasteiger partial charge in [-0.2, -0.15) is 0 Å². The molecule has 244 valence electrons. The highest BCUT2D eigenvalue weighted by Crippen LogP contribution is 2.21. The van der Waals surface area contributed by atoms with Crippen molar-refractivity contribution in [1.82, 2.24) is 19.9 Å². The molecule has 0 aliphatic carbocycles. The molecule has 0 bridgehead atoms. The molecule has 2 amide bonds. The zero-order chi connectivity index (χ0) is 33.5. The van der Waals surface area contributed by atoms with Crippen molar-refractivity contribution < 1.29 is 19.1 Å². The van der Waals surface area contributed by atoms with Crippen LogP contribution in [0.25, 0.3) is 11.0 Å². The molecular formula is C35H45N7O4. The summed E-state index contributed by atoms with van der Waals surface area (Å²) < 4.78 is 6.83. The lowest BCUT2D eigenvalue weighted by Gasteiger charge is -2.21. The summed E-state index contributed by atoms with van der Waals surface area (Å²) in [5.41, 5.74) is 4.44. The number of pyridine rings is 1. The summed E-state index contributed by atoms with van der Waals surface area (Å²) in [6, 6.07) is 19.1. The smallest absolute Gasteiger partial charge is 0.412 e. The summed E-state index contributed by atoms with van der Waals surface area (Å²) in [7, 11) is 1.97. The number of anilines is 2. The van der Waals surface area contributed by atoms with Gasteiger partial charge in [-0.25, -0.2) is 14.8 Å². The molecule has 2 aromatic carbocycles. The van der Waals surface area contributed by atoms with E-state index in [2.05, 4.69) is 41.6 Å². The SMILES string of the molecule is CC(=O)CCN(C(=O)c1ccc2c(c1)nc(CNc1ccc(C)cc1)n2C)c1ccccn1.CCCCCCOC(=O)NC(C)=N. The van der Waals surface area contributed by atoms with Crippen molar-refractivity contribution in [3.63, 3.8) is 0 Å². The number of benzene rings is 2. The number of rotatable bonds is 13. The quantitative estimate of drug-likeness (QED) is 0.0840. The molecule has 0 aliphatic rings. The van der Waals surface area contributed by atoms with Crippen LogP contribution in [0.3, 0.4) is 0 Å². The zero-order valence-electron chi connectivity index (χ0n) is 27.4. The van der Waals surface area contributed by atoms with Crippen molar-refractivity contribution in [3.8, 4) is 0 Å². The summed E-state index contributed by atoms with van der Waals surface area (Å²) >= 11 is 0. The summed E-state index contributed by atoms with van der Waals surface area (Å²) in [5, 5.41) is 12.6. The fourth-order valence-electron chi connectivity index (χ4n) is 4.53. The first-order valence-corrected chi connectivity index (χ1v) is 15.6. The molecule has 4 aromatic rings. The molecule has 0 saturated carbocycles. The summed E-state index contributed by atoms with van der Waals surface area (Å²) in [5.74, 6) is 1.32. The lowest BCUT2D eigenvalue weighted by molar-refractivity contribution is -0.116. The average molecular weight is 628 g/mol. The number of carbonyl (C=O) groups is 3. The third kappa shape index (κ3) is 11.1. The standard InChI is InChI=1S/C26H27N5O2.C9H18N2O2/c1-18-7-10-21(11-8-18)28-17-25-29-22-16-20(9-12-23(22)30(25)3)26(33)31(15-13-19(2)32)24-6-4-5-14-27-24;1-3-4-5-6-7-13-9(12)11-8(2)10/h4-12,14,16,28H,13,15,17H2,1-3H3;3-7H2,1-2H3,(H2,10,11,12). The van der Waals surface area contributed by atoms with E-state index in [1.165, 1.54) is 32.3 Å². The molecule has 3 N–H and O–H groups in total. The van der Waals surface area contributed by atoms with Crippen LogP contribution < -0.4 is 15.5 Å². The second kappa shape index (κ2) is 18.0. The number of fused-ring (bicyclic) bond motifs is 1. The van der Waals surface area contributed by atoms with Crippen molar-refractivity contribution in [1.29, 1.82) is 5.41 Å². The first kappa shape index (κ1) is 35.4. The summed E-state index contributed by atoms with van der Waals surface area (Å²) in [6.45, 7) is 8.49. The van der Waals surface area contributed by atoms with E-state index in [-0.39, 0.29) is 30.5 Å². The number of ether oxygens (including phenoxy) is 1. The lowest BCUT2D eigenvalue weighted by Crippen LogP contribution is -2.33. The highest BCUT2D eigenvalue weighted by molar-refractivity contribution is 6.07. The number of nitrogens with zero attached hydrogens (tertiary/aromatic N) is 4.